The Balaban J connectivity index is 2.24. The molecule has 0 aliphatic heterocycles. The molecule has 1 N–H and O–H groups in total. The lowest BCUT2D eigenvalue weighted by Crippen LogP contribution is -2.40. The molecular weight excluding hydrogens is 336 g/mol. The van der Waals surface area contributed by atoms with Crippen molar-refractivity contribution >= 4 is 15.9 Å². The van der Waals surface area contributed by atoms with E-state index < -0.39 is 15.6 Å². The summed E-state index contributed by atoms with van der Waals surface area (Å²) in [6.07, 6.45) is 4.80. The van der Waals surface area contributed by atoms with Gasteiger partial charge in [0.15, 0.2) is 0 Å². The van der Waals surface area contributed by atoms with Crippen molar-refractivity contribution in [3.63, 3.8) is 0 Å². The molecule has 0 bridgehead atoms. The molecule has 140 valence electrons. The lowest BCUT2D eigenvalue weighted by molar-refractivity contribution is 0.0772. The van der Waals surface area contributed by atoms with Crippen LogP contribution in [0.2, 0.25) is 0 Å². The maximum Gasteiger partial charge on any atom is 0.253 e. The molecule has 1 aromatic carbocycles. The van der Waals surface area contributed by atoms with E-state index in [1.165, 1.54) is 31.7 Å². The number of amides is 1. The zero-order chi connectivity index (χ0) is 18.8. The van der Waals surface area contributed by atoms with Crippen molar-refractivity contribution in [3.8, 4) is 0 Å². The summed E-state index contributed by atoms with van der Waals surface area (Å²) in [6, 6.07) is 4.75. The quantitative estimate of drug-likeness (QED) is 0.869. The topological polar surface area (TPSA) is 66.5 Å². The first-order chi connectivity index (χ1) is 11.5. The molecule has 1 aromatic rings. The van der Waals surface area contributed by atoms with E-state index in [1.54, 1.807) is 44.9 Å². The Hall–Kier alpha value is -1.40. The molecule has 0 heterocycles. The smallest absolute Gasteiger partial charge is 0.253 e. The zero-order valence-electron chi connectivity index (χ0n) is 15.9. The van der Waals surface area contributed by atoms with Crippen molar-refractivity contribution in [1.29, 1.82) is 0 Å². The van der Waals surface area contributed by atoms with E-state index in [2.05, 4.69) is 4.72 Å². The number of nitrogens with one attached hydrogen (secondary N) is 1. The van der Waals surface area contributed by atoms with Crippen LogP contribution < -0.4 is 4.72 Å². The number of nitrogens with zero attached hydrogens (tertiary/aromatic N) is 1. The minimum atomic E-state index is -3.66. The molecule has 6 heteroatoms. The number of hydrogen-bond acceptors (Lipinski definition) is 3. The van der Waals surface area contributed by atoms with E-state index >= 15 is 0 Å². The van der Waals surface area contributed by atoms with Crippen LogP contribution in [0.4, 0.5) is 0 Å². The highest BCUT2D eigenvalue weighted by Crippen LogP contribution is 2.26. The van der Waals surface area contributed by atoms with Gasteiger partial charge in [-0.05, 0) is 64.2 Å². The summed E-state index contributed by atoms with van der Waals surface area (Å²) in [7, 11) is -1.86. The largest absolute Gasteiger partial charge is 0.341 e. The standard InChI is InChI=1S/C19H30N2O3S/c1-14-10-11-16(25(23,24)20-19(2,3)4)12-17(14)18(22)21(5)13-15-8-6-7-9-15/h10-12,15,20H,6-9,13H2,1-5H3. The summed E-state index contributed by atoms with van der Waals surface area (Å²) >= 11 is 0. The maximum absolute atomic E-state index is 12.8. The summed E-state index contributed by atoms with van der Waals surface area (Å²) in [5.41, 5.74) is 0.669. The number of sulfonamides is 1. The molecule has 1 fully saturated rings. The van der Waals surface area contributed by atoms with Gasteiger partial charge in [-0.3, -0.25) is 4.79 Å². The lowest BCUT2D eigenvalue weighted by atomic mass is 10.1. The van der Waals surface area contributed by atoms with Gasteiger partial charge in [0, 0.05) is 24.7 Å². The van der Waals surface area contributed by atoms with E-state index in [1.807, 2.05) is 6.92 Å². The Morgan fingerprint density at radius 2 is 1.84 bits per heavy atom. The Morgan fingerprint density at radius 3 is 2.40 bits per heavy atom. The summed E-state index contributed by atoms with van der Waals surface area (Å²) in [5.74, 6) is 0.445. The SMILES string of the molecule is Cc1ccc(S(=O)(=O)NC(C)(C)C)cc1C(=O)N(C)CC1CCCC1. The van der Waals surface area contributed by atoms with E-state index in [0.29, 0.717) is 11.5 Å². The predicted molar refractivity (Wildman–Crippen MR) is 100 cm³/mol. The Labute approximate surface area is 151 Å². The zero-order valence-corrected chi connectivity index (χ0v) is 16.7. The molecule has 1 aliphatic rings. The van der Waals surface area contributed by atoms with Gasteiger partial charge in [-0.1, -0.05) is 18.9 Å². The third kappa shape index (κ3) is 5.28. The fraction of sp³-hybridized carbons (Fsp3) is 0.632. The summed E-state index contributed by atoms with van der Waals surface area (Å²) in [5, 5.41) is 0. The number of hydrogen-bond donors (Lipinski definition) is 1. The van der Waals surface area contributed by atoms with Crippen molar-refractivity contribution in [2.24, 2.45) is 5.92 Å². The average molecular weight is 367 g/mol. The van der Waals surface area contributed by atoms with Crippen LogP contribution >= 0.6 is 0 Å². The molecule has 0 unspecified atom stereocenters. The van der Waals surface area contributed by atoms with Gasteiger partial charge in [0.05, 0.1) is 4.90 Å². The Morgan fingerprint density at radius 1 is 1.24 bits per heavy atom. The first-order valence-corrected chi connectivity index (χ1v) is 10.4. The molecule has 0 saturated heterocycles. The van der Waals surface area contributed by atoms with E-state index in [4.69, 9.17) is 0 Å². The first-order valence-electron chi connectivity index (χ1n) is 8.90. The van der Waals surface area contributed by atoms with Crippen molar-refractivity contribution in [3.05, 3.63) is 29.3 Å². The third-order valence-electron chi connectivity index (χ3n) is 4.54. The highest BCUT2D eigenvalue weighted by atomic mass is 32.2. The van der Waals surface area contributed by atoms with Gasteiger partial charge in [0.25, 0.3) is 5.91 Å². The van der Waals surface area contributed by atoms with E-state index in [9.17, 15) is 13.2 Å². The molecule has 1 amide bonds. The minimum Gasteiger partial charge on any atom is -0.341 e. The molecule has 2 rings (SSSR count). The molecular formula is C19H30N2O3S. The molecule has 0 atom stereocenters. The van der Waals surface area contributed by atoms with Crippen LogP contribution in [0.5, 0.6) is 0 Å². The van der Waals surface area contributed by atoms with Crippen molar-refractivity contribution in [2.45, 2.75) is 63.8 Å². The number of rotatable bonds is 5. The van der Waals surface area contributed by atoms with E-state index in [0.717, 1.165) is 12.1 Å². The highest BCUT2D eigenvalue weighted by Gasteiger charge is 2.25. The van der Waals surface area contributed by atoms with Gasteiger partial charge < -0.3 is 4.90 Å². The summed E-state index contributed by atoms with van der Waals surface area (Å²) in [4.78, 5) is 14.7. The summed E-state index contributed by atoms with van der Waals surface area (Å²) < 4.78 is 27.7. The normalized spacial score (nSPS) is 16.2. The van der Waals surface area contributed by atoms with Crippen LogP contribution in [0, 0.1) is 12.8 Å². The fourth-order valence-corrected chi connectivity index (χ4v) is 4.77. The monoisotopic (exact) mass is 366 g/mol. The molecule has 1 saturated carbocycles. The predicted octanol–water partition coefficient (Wildman–Crippen LogP) is 3.33. The fourth-order valence-electron chi connectivity index (χ4n) is 3.33. The number of aryl methyl sites for hydroxylation is 1. The van der Waals surface area contributed by atoms with Gasteiger partial charge >= 0.3 is 0 Å². The molecule has 1 aliphatic carbocycles. The Kier molecular flexibility index (Phi) is 5.94. The summed E-state index contributed by atoms with van der Waals surface area (Å²) in [6.45, 7) is 7.94. The van der Waals surface area contributed by atoms with Crippen molar-refractivity contribution in [1.82, 2.24) is 9.62 Å². The first kappa shape index (κ1) is 19.9. The van der Waals surface area contributed by atoms with Gasteiger partial charge in [0.1, 0.15) is 0 Å². The van der Waals surface area contributed by atoms with Crippen LogP contribution in [-0.2, 0) is 10.0 Å². The van der Waals surface area contributed by atoms with Gasteiger partial charge in [-0.15, -0.1) is 0 Å². The Bertz CT molecular complexity index is 730. The molecule has 5 nitrogen and oxygen atoms in total. The van der Waals surface area contributed by atoms with Crippen LogP contribution in [-0.4, -0.2) is 38.4 Å². The number of benzene rings is 1. The third-order valence-corrected chi connectivity index (χ3v) is 6.30. The molecule has 0 aromatic heterocycles. The number of carbonyl (C=O) groups excluding carboxylic acids is 1. The average Bonchev–Trinajstić information content (AvgIpc) is 2.97. The molecule has 25 heavy (non-hydrogen) atoms. The molecule has 0 radical (unpaired) electrons. The van der Waals surface area contributed by atoms with Crippen LogP contribution in [0.15, 0.2) is 23.1 Å². The highest BCUT2D eigenvalue weighted by molar-refractivity contribution is 7.89. The van der Waals surface area contributed by atoms with Gasteiger partial charge in [0.2, 0.25) is 10.0 Å². The van der Waals surface area contributed by atoms with Crippen LogP contribution in [0.3, 0.4) is 0 Å². The maximum atomic E-state index is 12.8. The van der Waals surface area contributed by atoms with Crippen LogP contribution in [0.1, 0.15) is 62.4 Å². The minimum absolute atomic E-state index is 0.114. The lowest BCUT2D eigenvalue weighted by Gasteiger charge is -2.23. The second kappa shape index (κ2) is 7.46. The molecule has 0 spiro atoms. The second-order valence-electron chi connectivity index (χ2n) is 8.17. The van der Waals surface area contributed by atoms with Gasteiger partial charge in [-0.2, -0.15) is 0 Å². The van der Waals surface area contributed by atoms with E-state index in [-0.39, 0.29) is 10.8 Å². The van der Waals surface area contributed by atoms with Crippen LogP contribution in [0.25, 0.3) is 0 Å². The number of carbonyl (C=O) groups is 1. The van der Waals surface area contributed by atoms with Crippen molar-refractivity contribution < 1.29 is 13.2 Å². The van der Waals surface area contributed by atoms with Gasteiger partial charge in [-0.25, -0.2) is 13.1 Å². The second-order valence-corrected chi connectivity index (χ2v) is 9.85. The van der Waals surface area contributed by atoms with Crippen molar-refractivity contribution in [2.75, 3.05) is 13.6 Å².